The van der Waals surface area contributed by atoms with Crippen molar-refractivity contribution in [3.8, 4) is 11.4 Å². The van der Waals surface area contributed by atoms with Gasteiger partial charge in [0.15, 0.2) is 9.84 Å². The molecule has 0 radical (unpaired) electrons. The Kier molecular flexibility index (Phi) is 4.92. The molecule has 0 saturated carbocycles. The second kappa shape index (κ2) is 6.98. The van der Waals surface area contributed by atoms with Gasteiger partial charge in [-0.05, 0) is 49.2 Å². The maximum Gasteiger partial charge on any atom is 0.242 e. The summed E-state index contributed by atoms with van der Waals surface area (Å²) in [5.41, 5.74) is 3.48. The molecule has 3 rings (SSSR count). The molecule has 5 nitrogen and oxygen atoms in total. The molecule has 130 valence electrons. The number of halogens is 1. The fourth-order valence-corrected chi connectivity index (χ4v) is 3.97. The monoisotopic (exact) mass is 376 g/mol. The second-order valence-electron chi connectivity index (χ2n) is 5.98. The van der Waals surface area contributed by atoms with Gasteiger partial charge in [-0.25, -0.2) is 8.42 Å². The lowest BCUT2D eigenvalue weighted by Crippen LogP contribution is -2.09. The molecule has 0 aliphatic rings. The topological polar surface area (TPSA) is 73.1 Å². The Morgan fingerprint density at radius 2 is 1.76 bits per heavy atom. The Morgan fingerprint density at radius 3 is 2.48 bits per heavy atom. The minimum atomic E-state index is -3.42. The Labute approximate surface area is 151 Å². The Bertz CT molecular complexity index is 995. The van der Waals surface area contributed by atoms with Gasteiger partial charge < -0.3 is 4.52 Å². The third-order valence-corrected chi connectivity index (χ3v) is 5.48. The number of aromatic nitrogens is 2. The molecule has 0 N–H and O–H groups in total. The van der Waals surface area contributed by atoms with Crippen LogP contribution in [0.25, 0.3) is 11.4 Å². The van der Waals surface area contributed by atoms with Crippen LogP contribution in [-0.4, -0.2) is 18.6 Å². The van der Waals surface area contributed by atoms with Crippen molar-refractivity contribution in [1.29, 1.82) is 0 Å². The summed E-state index contributed by atoms with van der Waals surface area (Å²) < 4.78 is 30.1. The molecule has 0 atom stereocenters. The van der Waals surface area contributed by atoms with Crippen molar-refractivity contribution in [3.05, 3.63) is 70.1 Å². The van der Waals surface area contributed by atoms with E-state index in [1.165, 1.54) is 0 Å². The van der Waals surface area contributed by atoms with Crippen molar-refractivity contribution >= 4 is 21.4 Å². The van der Waals surface area contributed by atoms with Gasteiger partial charge in [-0.15, -0.1) is 0 Å². The standard InChI is InChI=1S/C18H17ClN2O3S/c1-12-3-4-13(2)15(9-12)10-25(22,23)11-17-20-18(21-24-17)14-5-7-16(19)8-6-14/h3-9H,10-11H2,1-2H3. The molecular weight excluding hydrogens is 360 g/mol. The predicted molar refractivity (Wildman–Crippen MR) is 97.0 cm³/mol. The van der Waals surface area contributed by atoms with E-state index in [2.05, 4.69) is 10.1 Å². The summed E-state index contributed by atoms with van der Waals surface area (Å²) in [6.07, 6.45) is 0. The summed E-state index contributed by atoms with van der Waals surface area (Å²) >= 11 is 5.85. The van der Waals surface area contributed by atoms with Gasteiger partial charge in [-0.1, -0.05) is 40.5 Å². The minimum Gasteiger partial charge on any atom is -0.338 e. The number of rotatable bonds is 5. The highest BCUT2D eigenvalue weighted by atomic mass is 35.5. The zero-order valence-electron chi connectivity index (χ0n) is 13.9. The molecule has 0 aliphatic carbocycles. The van der Waals surface area contributed by atoms with Crippen molar-refractivity contribution in [3.63, 3.8) is 0 Å². The van der Waals surface area contributed by atoms with Gasteiger partial charge in [-0.2, -0.15) is 4.98 Å². The van der Waals surface area contributed by atoms with Crippen LogP contribution < -0.4 is 0 Å². The first-order valence-corrected chi connectivity index (χ1v) is 9.87. The molecule has 0 saturated heterocycles. The molecule has 0 aliphatic heterocycles. The van der Waals surface area contributed by atoms with Crippen LogP contribution >= 0.6 is 11.6 Å². The van der Waals surface area contributed by atoms with Gasteiger partial charge in [-0.3, -0.25) is 0 Å². The number of nitrogens with zero attached hydrogens (tertiary/aromatic N) is 2. The Morgan fingerprint density at radius 1 is 1.04 bits per heavy atom. The normalized spacial score (nSPS) is 11.6. The van der Waals surface area contributed by atoms with E-state index in [9.17, 15) is 8.42 Å². The highest BCUT2D eigenvalue weighted by Crippen LogP contribution is 2.21. The van der Waals surface area contributed by atoms with Crippen LogP contribution in [0.5, 0.6) is 0 Å². The zero-order valence-corrected chi connectivity index (χ0v) is 15.4. The predicted octanol–water partition coefficient (Wildman–Crippen LogP) is 4.12. The number of aryl methyl sites for hydroxylation is 2. The molecule has 0 fully saturated rings. The smallest absolute Gasteiger partial charge is 0.242 e. The fourth-order valence-electron chi connectivity index (χ4n) is 2.46. The van der Waals surface area contributed by atoms with Crippen molar-refractivity contribution in [2.45, 2.75) is 25.4 Å². The van der Waals surface area contributed by atoms with Gasteiger partial charge in [0, 0.05) is 10.6 Å². The summed E-state index contributed by atoms with van der Waals surface area (Å²) in [6.45, 7) is 3.83. The van der Waals surface area contributed by atoms with Crippen LogP contribution in [0.3, 0.4) is 0 Å². The summed E-state index contributed by atoms with van der Waals surface area (Å²) in [5, 5.41) is 4.45. The minimum absolute atomic E-state index is 0.0564. The highest BCUT2D eigenvalue weighted by Gasteiger charge is 2.19. The van der Waals surface area contributed by atoms with Crippen molar-refractivity contribution < 1.29 is 12.9 Å². The molecule has 25 heavy (non-hydrogen) atoms. The van der Waals surface area contributed by atoms with Crippen LogP contribution in [0.1, 0.15) is 22.6 Å². The molecule has 0 spiro atoms. The largest absolute Gasteiger partial charge is 0.338 e. The van der Waals surface area contributed by atoms with Gasteiger partial charge in [0.05, 0.1) is 5.75 Å². The zero-order chi connectivity index (χ0) is 18.0. The van der Waals surface area contributed by atoms with Crippen LogP contribution in [0, 0.1) is 13.8 Å². The number of hydrogen-bond acceptors (Lipinski definition) is 5. The lowest BCUT2D eigenvalue weighted by Gasteiger charge is -2.07. The maximum absolute atomic E-state index is 12.5. The van der Waals surface area contributed by atoms with Crippen molar-refractivity contribution in [1.82, 2.24) is 10.1 Å². The first-order chi connectivity index (χ1) is 11.8. The quantitative estimate of drug-likeness (QED) is 0.669. The van der Waals surface area contributed by atoms with Crippen molar-refractivity contribution in [2.24, 2.45) is 0 Å². The first-order valence-electron chi connectivity index (χ1n) is 7.67. The van der Waals surface area contributed by atoms with E-state index in [0.29, 0.717) is 16.4 Å². The third-order valence-electron chi connectivity index (χ3n) is 3.79. The van der Waals surface area contributed by atoms with E-state index >= 15 is 0 Å². The second-order valence-corrected chi connectivity index (χ2v) is 8.48. The van der Waals surface area contributed by atoms with E-state index in [0.717, 1.165) is 16.7 Å². The summed E-state index contributed by atoms with van der Waals surface area (Å²) in [4.78, 5) is 4.18. The molecule has 3 aromatic rings. The maximum atomic E-state index is 12.5. The highest BCUT2D eigenvalue weighted by molar-refractivity contribution is 7.89. The number of benzene rings is 2. The SMILES string of the molecule is Cc1ccc(C)c(CS(=O)(=O)Cc2nc(-c3ccc(Cl)cc3)no2)c1. The summed E-state index contributed by atoms with van der Waals surface area (Å²) in [7, 11) is -3.42. The van der Waals surface area contributed by atoms with Crippen LogP contribution in [0.4, 0.5) is 0 Å². The number of sulfone groups is 1. The Balaban J connectivity index is 1.77. The first kappa shape index (κ1) is 17.6. The summed E-state index contributed by atoms with van der Waals surface area (Å²) in [5.74, 6) is 0.0732. The van der Waals surface area contributed by atoms with Gasteiger partial charge in [0.25, 0.3) is 0 Å². The molecular formula is C18H17ClN2O3S. The molecule has 1 heterocycles. The Hall–Kier alpha value is -2.18. The molecule has 0 amide bonds. The van der Waals surface area contributed by atoms with Crippen LogP contribution in [0.15, 0.2) is 47.0 Å². The lowest BCUT2D eigenvalue weighted by atomic mass is 10.1. The molecule has 1 aromatic heterocycles. The van der Waals surface area contributed by atoms with Gasteiger partial charge >= 0.3 is 0 Å². The van der Waals surface area contributed by atoms with Crippen LogP contribution in [0.2, 0.25) is 5.02 Å². The van der Waals surface area contributed by atoms with E-state index in [4.69, 9.17) is 16.1 Å². The van der Waals surface area contributed by atoms with E-state index < -0.39 is 9.84 Å². The molecule has 0 unspecified atom stereocenters. The van der Waals surface area contributed by atoms with E-state index in [-0.39, 0.29) is 17.4 Å². The lowest BCUT2D eigenvalue weighted by molar-refractivity contribution is 0.389. The summed E-state index contributed by atoms with van der Waals surface area (Å²) in [6, 6.07) is 12.7. The van der Waals surface area contributed by atoms with Crippen molar-refractivity contribution in [2.75, 3.05) is 0 Å². The van der Waals surface area contributed by atoms with E-state index in [1.807, 2.05) is 32.0 Å². The van der Waals surface area contributed by atoms with Crippen LogP contribution in [-0.2, 0) is 21.3 Å². The molecule has 0 bridgehead atoms. The average molecular weight is 377 g/mol. The third kappa shape index (κ3) is 4.46. The number of hydrogen-bond donors (Lipinski definition) is 0. The fraction of sp³-hybridized carbons (Fsp3) is 0.222. The van der Waals surface area contributed by atoms with E-state index in [1.54, 1.807) is 24.3 Å². The molecule has 7 heteroatoms. The van der Waals surface area contributed by atoms with Gasteiger partial charge in [0.1, 0.15) is 5.75 Å². The average Bonchev–Trinajstić information content (AvgIpc) is 2.99. The van der Waals surface area contributed by atoms with Gasteiger partial charge in [0.2, 0.25) is 11.7 Å². The molecule has 2 aromatic carbocycles.